The molecule has 1 atom stereocenters. The maximum Gasteiger partial charge on any atom is 0.251 e. The van der Waals surface area contributed by atoms with Crippen LogP contribution in [0.2, 0.25) is 0 Å². The molecule has 0 bridgehead atoms. The van der Waals surface area contributed by atoms with Crippen LogP contribution in [0.5, 0.6) is 0 Å². The van der Waals surface area contributed by atoms with Crippen LogP contribution in [0.25, 0.3) is 10.9 Å². The molecule has 1 saturated heterocycles. The molecule has 1 amide bonds. The lowest BCUT2D eigenvalue weighted by molar-refractivity contribution is 0.0922. The number of rotatable bonds is 4. The minimum atomic E-state index is 0.0207. The van der Waals surface area contributed by atoms with Gasteiger partial charge < -0.3 is 10.3 Å². The third kappa shape index (κ3) is 3.48. The van der Waals surface area contributed by atoms with Crippen molar-refractivity contribution in [1.82, 2.24) is 15.2 Å². The third-order valence-corrected chi connectivity index (χ3v) is 5.57. The molecule has 1 aromatic carbocycles. The molecule has 130 valence electrons. The summed E-state index contributed by atoms with van der Waals surface area (Å²) < 4.78 is 0. The van der Waals surface area contributed by atoms with E-state index >= 15 is 0 Å². The van der Waals surface area contributed by atoms with Crippen LogP contribution in [0.15, 0.2) is 18.2 Å². The lowest BCUT2D eigenvalue weighted by Gasteiger charge is -2.35. The highest BCUT2D eigenvalue weighted by molar-refractivity contribution is 5.99. The van der Waals surface area contributed by atoms with Crippen LogP contribution < -0.4 is 5.32 Å². The van der Waals surface area contributed by atoms with Crippen molar-refractivity contribution >= 4 is 16.8 Å². The average molecular weight is 327 g/mol. The van der Waals surface area contributed by atoms with Crippen LogP contribution in [0.4, 0.5) is 0 Å². The highest BCUT2D eigenvalue weighted by atomic mass is 16.1. The summed E-state index contributed by atoms with van der Waals surface area (Å²) in [4.78, 5) is 18.3. The summed E-state index contributed by atoms with van der Waals surface area (Å²) in [7, 11) is 0. The molecular formula is C20H29N3O. The predicted octanol–water partition coefficient (Wildman–Crippen LogP) is 3.63. The summed E-state index contributed by atoms with van der Waals surface area (Å²) >= 11 is 0. The molecule has 2 heterocycles. The van der Waals surface area contributed by atoms with Crippen LogP contribution in [0, 0.1) is 19.8 Å². The number of piperidine rings is 1. The molecular weight excluding hydrogens is 298 g/mol. The van der Waals surface area contributed by atoms with Crippen molar-refractivity contribution in [2.75, 3.05) is 19.6 Å². The quantitative estimate of drug-likeness (QED) is 0.901. The Balaban J connectivity index is 1.61. The predicted molar refractivity (Wildman–Crippen MR) is 99.5 cm³/mol. The van der Waals surface area contributed by atoms with Crippen molar-refractivity contribution in [3.8, 4) is 0 Å². The number of benzene rings is 1. The SMILES string of the molecule is Cc1[nH]c2ccc(C(=O)NCC(C)N3CCC(C)CC3)cc2c1C. The molecule has 0 spiro atoms. The number of aromatic amines is 1. The van der Waals surface area contributed by atoms with Crippen molar-refractivity contribution in [3.05, 3.63) is 35.0 Å². The molecule has 1 aromatic heterocycles. The van der Waals surface area contributed by atoms with Gasteiger partial charge in [-0.1, -0.05) is 6.92 Å². The summed E-state index contributed by atoms with van der Waals surface area (Å²) in [5.41, 5.74) is 4.22. The fraction of sp³-hybridized carbons (Fsp3) is 0.550. The maximum absolute atomic E-state index is 12.5. The summed E-state index contributed by atoms with van der Waals surface area (Å²) in [6.07, 6.45) is 2.53. The highest BCUT2D eigenvalue weighted by Crippen LogP contribution is 2.22. The molecule has 2 aromatic rings. The first-order valence-corrected chi connectivity index (χ1v) is 9.07. The van der Waals surface area contributed by atoms with Crippen molar-refractivity contribution in [2.45, 2.75) is 46.6 Å². The average Bonchev–Trinajstić information content (AvgIpc) is 2.87. The second-order valence-electron chi connectivity index (χ2n) is 7.41. The van der Waals surface area contributed by atoms with Crippen molar-refractivity contribution in [1.29, 1.82) is 0 Å². The van der Waals surface area contributed by atoms with Crippen molar-refractivity contribution < 1.29 is 4.79 Å². The van der Waals surface area contributed by atoms with Crippen LogP contribution in [-0.2, 0) is 0 Å². The Kier molecular flexibility index (Phi) is 4.95. The lowest BCUT2D eigenvalue weighted by Crippen LogP contribution is -2.45. The van der Waals surface area contributed by atoms with E-state index in [0.29, 0.717) is 12.6 Å². The fourth-order valence-electron chi connectivity index (χ4n) is 3.54. The van der Waals surface area contributed by atoms with E-state index in [4.69, 9.17) is 0 Å². The molecule has 4 heteroatoms. The molecule has 1 aliphatic rings. The lowest BCUT2D eigenvalue weighted by atomic mass is 9.98. The standard InChI is InChI=1S/C20H29N3O/c1-13-7-9-23(10-8-13)14(2)12-21-20(24)17-5-6-19-18(11-17)15(3)16(4)22-19/h5-6,11,13-14,22H,7-10,12H2,1-4H3,(H,21,24). The first-order chi connectivity index (χ1) is 11.5. The first-order valence-electron chi connectivity index (χ1n) is 9.07. The van der Waals surface area contributed by atoms with Crippen LogP contribution in [0.3, 0.4) is 0 Å². The normalized spacial score (nSPS) is 18.0. The van der Waals surface area contributed by atoms with Gasteiger partial charge in [-0.15, -0.1) is 0 Å². The number of fused-ring (bicyclic) bond motifs is 1. The zero-order valence-corrected chi connectivity index (χ0v) is 15.3. The van der Waals surface area contributed by atoms with Gasteiger partial charge in [-0.05, 0) is 76.4 Å². The molecule has 2 N–H and O–H groups in total. The van der Waals surface area contributed by atoms with Gasteiger partial charge in [0.25, 0.3) is 5.91 Å². The van der Waals surface area contributed by atoms with Gasteiger partial charge in [-0.25, -0.2) is 0 Å². The largest absolute Gasteiger partial charge is 0.358 e. The minimum absolute atomic E-state index is 0.0207. The maximum atomic E-state index is 12.5. The number of likely N-dealkylation sites (tertiary alicyclic amines) is 1. The topological polar surface area (TPSA) is 48.1 Å². The Morgan fingerprint density at radius 3 is 2.75 bits per heavy atom. The van der Waals surface area contributed by atoms with Gasteiger partial charge in [-0.2, -0.15) is 0 Å². The van der Waals surface area contributed by atoms with E-state index in [-0.39, 0.29) is 5.91 Å². The molecule has 4 nitrogen and oxygen atoms in total. The number of amides is 1. The second kappa shape index (κ2) is 6.98. The van der Waals surface area contributed by atoms with E-state index in [0.717, 1.165) is 41.2 Å². The number of hydrogen-bond acceptors (Lipinski definition) is 2. The van der Waals surface area contributed by atoms with E-state index in [9.17, 15) is 4.79 Å². The summed E-state index contributed by atoms with van der Waals surface area (Å²) in [5.74, 6) is 0.857. The van der Waals surface area contributed by atoms with Crippen molar-refractivity contribution in [3.63, 3.8) is 0 Å². The number of aromatic nitrogens is 1. The van der Waals surface area contributed by atoms with E-state index in [1.165, 1.54) is 18.4 Å². The zero-order valence-electron chi connectivity index (χ0n) is 15.3. The van der Waals surface area contributed by atoms with E-state index < -0.39 is 0 Å². The molecule has 3 rings (SSSR count). The fourth-order valence-corrected chi connectivity index (χ4v) is 3.54. The summed E-state index contributed by atoms with van der Waals surface area (Å²) in [6.45, 7) is 11.7. The molecule has 0 saturated carbocycles. The number of nitrogens with zero attached hydrogens (tertiary/aromatic N) is 1. The van der Waals surface area contributed by atoms with Crippen LogP contribution in [0.1, 0.15) is 48.3 Å². The van der Waals surface area contributed by atoms with Crippen LogP contribution >= 0.6 is 0 Å². The molecule has 24 heavy (non-hydrogen) atoms. The monoisotopic (exact) mass is 327 g/mol. The first kappa shape index (κ1) is 17.0. The third-order valence-electron chi connectivity index (χ3n) is 5.57. The van der Waals surface area contributed by atoms with E-state index in [1.54, 1.807) is 0 Å². The van der Waals surface area contributed by atoms with Gasteiger partial charge in [0, 0.05) is 34.7 Å². The summed E-state index contributed by atoms with van der Waals surface area (Å²) in [5, 5.41) is 4.24. The number of nitrogens with one attached hydrogen (secondary N) is 2. The van der Waals surface area contributed by atoms with Gasteiger partial charge in [0.15, 0.2) is 0 Å². The Morgan fingerprint density at radius 1 is 1.33 bits per heavy atom. The van der Waals surface area contributed by atoms with Crippen LogP contribution in [-0.4, -0.2) is 41.5 Å². The molecule has 0 radical (unpaired) electrons. The number of aryl methyl sites for hydroxylation is 2. The Hall–Kier alpha value is -1.81. The Morgan fingerprint density at radius 2 is 2.04 bits per heavy atom. The molecule has 0 aliphatic carbocycles. The minimum Gasteiger partial charge on any atom is -0.358 e. The van der Waals surface area contributed by atoms with E-state index in [1.807, 2.05) is 18.2 Å². The van der Waals surface area contributed by atoms with Gasteiger partial charge in [0.1, 0.15) is 0 Å². The number of hydrogen-bond donors (Lipinski definition) is 2. The number of H-pyrrole nitrogens is 1. The molecule has 1 unspecified atom stereocenters. The highest BCUT2D eigenvalue weighted by Gasteiger charge is 2.20. The second-order valence-corrected chi connectivity index (χ2v) is 7.41. The van der Waals surface area contributed by atoms with Gasteiger partial charge in [0.2, 0.25) is 0 Å². The number of carbonyl (C=O) groups excluding carboxylic acids is 1. The van der Waals surface area contributed by atoms with Gasteiger partial charge in [-0.3, -0.25) is 9.69 Å². The Labute approximate surface area is 144 Å². The zero-order chi connectivity index (χ0) is 17.3. The summed E-state index contributed by atoms with van der Waals surface area (Å²) in [6, 6.07) is 6.29. The smallest absolute Gasteiger partial charge is 0.251 e. The van der Waals surface area contributed by atoms with Crippen molar-refractivity contribution in [2.24, 2.45) is 5.92 Å². The Bertz CT molecular complexity index is 726. The van der Waals surface area contributed by atoms with E-state index in [2.05, 4.69) is 42.9 Å². The molecule has 1 fully saturated rings. The number of carbonyl (C=O) groups is 1. The van der Waals surface area contributed by atoms with Gasteiger partial charge in [0.05, 0.1) is 0 Å². The van der Waals surface area contributed by atoms with Gasteiger partial charge >= 0.3 is 0 Å². The molecule has 1 aliphatic heterocycles.